The number of hydrogen-bond acceptors (Lipinski definition) is 3. The van der Waals surface area contributed by atoms with E-state index in [0.717, 1.165) is 33.3 Å². The van der Waals surface area contributed by atoms with Crippen molar-refractivity contribution in [2.75, 3.05) is 0 Å². The Morgan fingerprint density at radius 2 is 1.64 bits per heavy atom. The van der Waals surface area contributed by atoms with Crippen molar-refractivity contribution in [2.24, 2.45) is 0 Å². The van der Waals surface area contributed by atoms with Crippen LogP contribution in [0.25, 0.3) is 28.1 Å². The SMILES string of the molecule is FC(F)(F)c1ccc(-c2nc3ccccc3n2Cc2n[nH]c(=S)n2-c2ccc(Br)cc2)cc1. The monoisotopic (exact) mass is 529 g/mol. The Kier molecular flexibility index (Phi) is 5.41. The minimum atomic E-state index is -4.40. The number of nitrogens with zero attached hydrogens (tertiary/aromatic N) is 4. The maximum Gasteiger partial charge on any atom is 0.416 e. The summed E-state index contributed by atoms with van der Waals surface area (Å²) in [7, 11) is 0. The Morgan fingerprint density at radius 1 is 0.939 bits per heavy atom. The Balaban J connectivity index is 1.63. The lowest BCUT2D eigenvalue weighted by Crippen LogP contribution is -2.09. The normalized spacial score (nSPS) is 11.9. The molecule has 33 heavy (non-hydrogen) atoms. The molecule has 0 saturated carbocycles. The van der Waals surface area contributed by atoms with Gasteiger partial charge in [-0.1, -0.05) is 40.2 Å². The predicted molar refractivity (Wildman–Crippen MR) is 126 cm³/mol. The fourth-order valence-corrected chi connectivity index (χ4v) is 4.22. The second kappa shape index (κ2) is 8.27. The molecule has 0 amide bonds. The highest BCUT2D eigenvalue weighted by atomic mass is 79.9. The fourth-order valence-electron chi connectivity index (χ4n) is 3.70. The number of fused-ring (bicyclic) bond motifs is 1. The van der Waals surface area contributed by atoms with Crippen LogP contribution in [0.5, 0.6) is 0 Å². The smallest absolute Gasteiger partial charge is 0.316 e. The summed E-state index contributed by atoms with van der Waals surface area (Å²) < 4.78 is 44.3. The lowest BCUT2D eigenvalue weighted by Gasteiger charge is -2.12. The van der Waals surface area contributed by atoms with E-state index in [0.29, 0.717) is 28.5 Å². The number of halogens is 4. The average Bonchev–Trinajstić information content (AvgIpc) is 3.35. The molecule has 0 atom stereocenters. The molecule has 0 unspecified atom stereocenters. The van der Waals surface area contributed by atoms with Crippen LogP contribution in [0.1, 0.15) is 11.4 Å². The van der Waals surface area contributed by atoms with Gasteiger partial charge in [0, 0.05) is 15.7 Å². The van der Waals surface area contributed by atoms with Gasteiger partial charge in [-0.25, -0.2) is 4.98 Å². The van der Waals surface area contributed by atoms with Gasteiger partial charge in [-0.15, -0.1) is 0 Å². The van der Waals surface area contributed by atoms with E-state index in [9.17, 15) is 13.2 Å². The van der Waals surface area contributed by atoms with Gasteiger partial charge in [-0.05, 0) is 60.7 Å². The first-order chi connectivity index (χ1) is 15.8. The van der Waals surface area contributed by atoms with E-state index in [-0.39, 0.29) is 0 Å². The number of rotatable bonds is 4. The first-order valence-corrected chi connectivity index (χ1v) is 11.1. The molecule has 10 heteroatoms. The Bertz CT molecular complexity index is 1500. The van der Waals surface area contributed by atoms with Gasteiger partial charge in [-0.3, -0.25) is 9.67 Å². The Hall–Kier alpha value is -3.24. The molecule has 1 N–H and O–H groups in total. The quantitative estimate of drug-likeness (QED) is 0.261. The summed E-state index contributed by atoms with van der Waals surface area (Å²) >= 11 is 8.89. The molecule has 0 bridgehead atoms. The Labute approximate surface area is 199 Å². The number of H-pyrrole nitrogens is 1. The number of aromatic amines is 1. The highest BCUT2D eigenvalue weighted by Crippen LogP contribution is 2.32. The maximum atomic E-state index is 13.0. The minimum absolute atomic E-state index is 0.306. The molecule has 0 aliphatic heterocycles. The molecule has 5 nitrogen and oxygen atoms in total. The van der Waals surface area contributed by atoms with Crippen LogP contribution in [0.2, 0.25) is 0 Å². The molecule has 0 aliphatic rings. The molecular formula is C23H15BrF3N5S. The van der Waals surface area contributed by atoms with Gasteiger partial charge in [-0.2, -0.15) is 18.3 Å². The van der Waals surface area contributed by atoms with Crippen molar-refractivity contribution < 1.29 is 13.2 Å². The van der Waals surface area contributed by atoms with Crippen molar-refractivity contribution in [3.05, 3.63) is 93.4 Å². The van der Waals surface area contributed by atoms with E-state index in [4.69, 9.17) is 17.2 Å². The standard InChI is InChI=1S/C23H15BrF3N5S/c24-16-9-11-17(12-10-16)32-20(29-30-22(32)33)13-31-19-4-2-1-3-18(19)28-21(31)14-5-7-15(8-6-14)23(25,26)27/h1-12H,13H2,(H,30,33). The van der Waals surface area contributed by atoms with E-state index in [1.165, 1.54) is 12.1 Å². The number of imidazole rings is 1. The van der Waals surface area contributed by atoms with Crippen LogP contribution in [0.3, 0.4) is 0 Å². The molecular weight excluding hydrogens is 515 g/mol. The summed E-state index contributed by atoms with van der Waals surface area (Å²) in [6, 6.07) is 20.2. The van der Waals surface area contributed by atoms with Gasteiger partial charge < -0.3 is 4.57 Å². The molecule has 5 aromatic rings. The highest BCUT2D eigenvalue weighted by Gasteiger charge is 2.30. The molecule has 0 saturated heterocycles. The highest BCUT2D eigenvalue weighted by molar-refractivity contribution is 9.10. The molecule has 0 fully saturated rings. The first-order valence-electron chi connectivity index (χ1n) is 9.86. The summed E-state index contributed by atoms with van der Waals surface area (Å²) in [4.78, 5) is 4.69. The van der Waals surface area contributed by atoms with Crippen molar-refractivity contribution in [1.29, 1.82) is 0 Å². The van der Waals surface area contributed by atoms with Crippen LogP contribution in [0, 0.1) is 4.77 Å². The lowest BCUT2D eigenvalue weighted by atomic mass is 10.1. The van der Waals surface area contributed by atoms with Crippen LogP contribution in [0.15, 0.2) is 77.3 Å². The van der Waals surface area contributed by atoms with Crippen molar-refractivity contribution in [1.82, 2.24) is 24.3 Å². The molecule has 5 rings (SSSR count). The fraction of sp³-hybridized carbons (Fsp3) is 0.0870. The third-order valence-electron chi connectivity index (χ3n) is 5.25. The third kappa shape index (κ3) is 4.11. The number of benzene rings is 3. The van der Waals surface area contributed by atoms with Crippen molar-refractivity contribution in [2.45, 2.75) is 12.7 Å². The number of aromatic nitrogens is 5. The summed E-state index contributed by atoms with van der Waals surface area (Å²) in [5, 5.41) is 7.25. The topological polar surface area (TPSA) is 51.4 Å². The second-order valence-corrected chi connectivity index (χ2v) is 8.64. The summed E-state index contributed by atoms with van der Waals surface area (Å²) in [5.74, 6) is 1.18. The zero-order valence-electron chi connectivity index (χ0n) is 16.8. The van der Waals surface area contributed by atoms with E-state index in [1.54, 1.807) is 0 Å². The van der Waals surface area contributed by atoms with E-state index in [1.807, 2.05) is 57.7 Å². The Morgan fingerprint density at radius 3 is 2.33 bits per heavy atom. The predicted octanol–water partition coefficient (Wildman–Crippen LogP) is 6.78. The van der Waals surface area contributed by atoms with Crippen LogP contribution < -0.4 is 0 Å². The summed E-state index contributed by atoms with van der Waals surface area (Å²) in [6.07, 6.45) is -4.40. The van der Waals surface area contributed by atoms with Crippen LogP contribution in [0.4, 0.5) is 13.2 Å². The van der Waals surface area contributed by atoms with Gasteiger partial charge in [0.05, 0.1) is 23.1 Å². The first kappa shape index (κ1) is 21.6. The van der Waals surface area contributed by atoms with Gasteiger partial charge in [0.2, 0.25) is 0 Å². The van der Waals surface area contributed by atoms with Crippen molar-refractivity contribution in [3.8, 4) is 17.1 Å². The van der Waals surface area contributed by atoms with Gasteiger partial charge in [0.15, 0.2) is 10.6 Å². The summed E-state index contributed by atoms with van der Waals surface area (Å²) in [5.41, 5.74) is 2.28. The molecule has 0 radical (unpaired) electrons. The molecule has 0 aliphatic carbocycles. The zero-order valence-corrected chi connectivity index (χ0v) is 19.2. The second-order valence-electron chi connectivity index (χ2n) is 7.34. The molecule has 0 spiro atoms. The molecule has 3 aromatic carbocycles. The van der Waals surface area contributed by atoms with Gasteiger partial charge in [0.25, 0.3) is 0 Å². The van der Waals surface area contributed by atoms with Crippen LogP contribution >= 0.6 is 28.1 Å². The number of hydrogen-bond donors (Lipinski definition) is 1. The number of nitrogens with one attached hydrogen (secondary N) is 1. The van der Waals surface area contributed by atoms with Crippen LogP contribution in [-0.4, -0.2) is 24.3 Å². The number of alkyl halides is 3. The van der Waals surface area contributed by atoms with E-state index < -0.39 is 11.7 Å². The lowest BCUT2D eigenvalue weighted by molar-refractivity contribution is -0.137. The molecule has 2 heterocycles. The van der Waals surface area contributed by atoms with Crippen LogP contribution in [-0.2, 0) is 12.7 Å². The third-order valence-corrected chi connectivity index (χ3v) is 6.05. The van der Waals surface area contributed by atoms with Gasteiger partial charge >= 0.3 is 6.18 Å². The molecule has 166 valence electrons. The maximum absolute atomic E-state index is 13.0. The van der Waals surface area contributed by atoms with E-state index in [2.05, 4.69) is 26.1 Å². The summed E-state index contributed by atoms with van der Waals surface area (Å²) in [6.45, 7) is 0.306. The number of para-hydroxylation sites is 2. The average molecular weight is 530 g/mol. The molecule has 2 aromatic heterocycles. The van der Waals surface area contributed by atoms with E-state index >= 15 is 0 Å². The minimum Gasteiger partial charge on any atom is -0.316 e. The largest absolute Gasteiger partial charge is 0.416 e. The zero-order chi connectivity index (χ0) is 23.2. The van der Waals surface area contributed by atoms with Gasteiger partial charge in [0.1, 0.15) is 5.82 Å². The van der Waals surface area contributed by atoms with Crippen molar-refractivity contribution in [3.63, 3.8) is 0 Å². The van der Waals surface area contributed by atoms with Crippen molar-refractivity contribution >= 4 is 39.2 Å².